The molecule has 0 radical (unpaired) electrons. The van der Waals surface area contributed by atoms with Crippen LogP contribution in [0.25, 0.3) is 0 Å². The molecule has 0 rings (SSSR count). The van der Waals surface area contributed by atoms with E-state index in [-0.39, 0.29) is 6.54 Å². The molecule has 1 unspecified atom stereocenters. The van der Waals surface area contributed by atoms with Crippen molar-refractivity contribution in [3.8, 4) is 0 Å². The highest BCUT2D eigenvalue weighted by Gasteiger charge is 2.29. The number of nitrogens with one attached hydrogen (secondary N) is 1. The van der Waals surface area contributed by atoms with Crippen molar-refractivity contribution in [2.24, 2.45) is 0 Å². The van der Waals surface area contributed by atoms with Gasteiger partial charge in [-0.3, -0.25) is 9.35 Å². The molecule has 2 N–H and O–H groups in total. The zero-order chi connectivity index (χ0) is 12.6. The zero-order valence-electron chi connectivity index (χ0n) is 9.28. The number of halogens is 1. The molecule has 96 valence electrons. The van der Waals surface area contributed by atoms with E-state index < -0.39 is 21.5 Å². The van der Waals surface area contributed by atoms with Crippen LogP contribution in [0.5, 0.6) is 0 Å². The second-order valence-corrected chi connectivity index (χ2v) is 4.98. The van der Waals surface area contributed by atoms with Crippen molar-refractivity contribution in [2.45, 2.75) is 44.5 Å². The van der Waals surface area contributed by atoms with Gasteiger partial charge in [0.25, 0.3) is 5.91 Å². The maximum atomic E-state index is 12.7. The van der Waals surface area contributed by atoms with Crippen LogP contribution in [-0.2, 0) is 14.9 Å². The number of rotatable bonds is 8. The van der Waals surface area contributed by atoms with Gasteiger partial charge in [-0.25, -0.2) is 4.39 Å². The van der Waals surface area contributed by atoms with Crippen LogP contribution in [0.1, 0.15) is 39.0 Å². The minimum absolute atomic E-state index is 0.221. The molecule has 0 aromatic carbocycles. The first-order chi connectivity index (χ1) is 7.39. The fraction of sp³-hybridized carbons (Fsp3) is 0.889. The van der Waals surface area contributed by atoms with E-state index in [0.717, 1.165) is 25.7 Å². The molecule has 0 spiro atoms. The average molecular weight is 255 g/mol. The van der Waals surface area contributed by atoms with Crippen LogP contribution >= 0.6 is 0 Å². The second kappa shape index (κ2) is 7.56. The van der Waals surface area contributed by atoms with Crippen LogP contribution in [0.3, 0.4) is 0 Å². The van der Waals surface area contributed by atoms with Crippen LogP contribution in [0.15, 0.2) is 0 Å². The highest BCUT2D eigenvalue weighted by Crippen LogP contribution is 2.03. The zero-order valence-corrected chi connectivity index (χ0v) is 10.1. The third-order valence-electron chi connectivity index (χ3n) is 2.05. The van der Waals surface area contributed by atoms with Crippen LogP contribution in [0.4, 0.5) is 4.39 Å². The standard InChI is InChI=1S/C9H18FNO4S/c1-2-3-4-5-6-7-11-9(12)8(10)16(13,14)15/h8H,2-7H2,1H3,(H,11,12)(H,13,14,15). The molecule has 0 fully saturated rings. The summed E-state index contributed by atoms with van der Waals surface area (Å²) in [5, 5.41) is 2.11. The third-order valence-corrected chi connectivity index (χ3v) is 2.78. The Morgan fingerprint density at radius 1 is 1.31 bits per heavy atom. The van der Waals surface area contributed by atoms with Gasteiger partial charge in [-0.2, -0.15) is 8.42 Å². The van der Waals surface area contributed by atoms with Gasteiger partial charge in [0.1, 0.15) is 0 Å². The summed E-state index contributed by atoms with van der Waals surface area (Å²) in [5.74, 6) is -1.31. The van der Waals surface area contributed by atoms with Crippen LogP contribution in [-0.4, -0.2) is 30.9 Å². The molecular weight excluding hydrogens is 237 g/mol. The molecule has 0 heterocycles. The molecule has 1 atom stereocenters. The van der Waals surface area contributed by atoms with E-state index >= 15 is 0 Å². The van der Waals surface area contributed by atoms with Crippen molar-refractivity contribution >= 4 is 16.0 Å². The van der Waals surface area contributed by atoms with Crippen molar-refractivity contribution in [1.82, 2.24) is 5.32 Å². The molecule has 0 bridgehead atoms. The summed E-state index contributed by atoms with van der Waals surface area (Å²) in [7, 11) is -4.93. The molecule has 0 aliphatic carbocycles. The molecule has 5 nitrogen and oxygen atoms in total. The van der Waals surface area contributed by atoms with E-state index in [1.165, 1.54) is 0 Å². The van der Waals surface area contributed by atoms with Crippen LogP contribution in [0, 0.1) is 0 Å². The Kier molecular flexibility index (Phi) is 7.24. The minimum atomic E-state index is -4.93. The van der Waals surface area contributed by atoms with Crippen molar-refractivity contribution in [3.05, 3.63) is 0 Å². The van der Waals surface area contributed by atoms with Gasteiger partial charge < -0.3 is 5.32 Å². The number of alkyl halides is 1. The molecule has 0 saturated carbocycles. The molecule has 0 aromatic heterocycles. The summed E-state index contributed by atoms with van der Waals surface area (Å²) >= 11 is 0. The van der Waals surface area contributed by atoms with Crippen molar-refractivity contribution in [3.63, 3.8) is 0 Å². The van der Waals surface area contributed by atoms with E-state index in [4.69, 9.17) is 4.55 Å². The first-order valence-corrected chi connectivity index (χ1v) is 6.78. The number of amides is 1. The first kappa shape index (κ1) is 15.3. The van der Waals surface area contributed by atoms with E-state index in [1.54, 1.807) is 0 Å². The van der Waals surface area contributed by atoms with Gasteiger partial charge in [0.2, 0.25) is 0 Å². The molecule has 7 heteroatoms. The molecule has 0 aromatic rings. The van der Waals surface area contributed by atoms with Gasteiger partial charge in [-0.15, -0.1) is 0 Å². The predicted molar refractivity (Wildman–Crippen MR) is 58.2 cm³/mol. The largest absolute Gasteiger partial charge is 0.353 e. The van der Waals surface area contributed by atoms with E-state index in [9.17, 15) is 17.6 Å². The molecule has 16 heavy (non-hydrogen) atoms. The van der Waals surface area contributed by atoms with E-state index in [0.29, 0.717) is 6.42 Å². The maximum absolute atomic E-state index is 12.7. The van der Waals surface area contributed by atoms with Gasteiger partial charge in [0.05, 0.1) is 0 Å². The lowest BCUT2D eigenvalue weighted by Gasteiger charge is -2.06. The fourth-order valence-corrected chi connectivity index (χ4v) is 1.51. The van der Waals surface area contributed by atoms with E-state index in [2.05, 4.69) is 12.2 Å². The second-order valence-electron chi connectivity index (χ2n) is 3.54. The number of hydrogen-bond donors (Lipinski definition) is 2. The van der Waals surface area contributed by atoms with Gasteiger partial charge in [0, 0.05) is 6.54 Å². The lowest BCUT2D eigenvalue weighted by Crippen LogP contribution is -2.37. The van der Waals surface area contributed by atoms with E-state index in [1.807, 2.05) is 0 Å². The number of carbonyl (C=O) groups is 1. The summed E-state index contributed by atoms with van der Waals surface area (Å²) in [6.45, 7) is 2.29. The summed E-state index contributed by atoms with van der Waals surface area (Å²) in [6.07, 6.45) is 4.80. The molecule has 1 amide bonds. The summed E-state index contributed by atoms with van der Waals surface area (Å²) < 4.78 is 41.5. The molecular formula is C9H18FNO4S. The van der Waals surface area contributed by atoms with Crippen molar-refractivity contribution in [2.75, 3.05) is 6.54 Å². The SMILES string of the molecule is CCCCCCCNC(=O)C(F)S(=O)(=O)O. The Morgan fingerprint density at radius 2 is 1.88 bits per heavy atom. The Labute approximate surface area is 95.2 Å². The summed E-state index contributed by atoms with van der Waals surface area (Å²) in [6, 6.07) is 0. The van der Waals surface area contributed by atoms with Crippen molar-refractivity contribution < 1.29 is 22.2 Å². The quantitative estimate of drug-likeness (QED) is 0.505. The molecule has 0 saturated heterocycles. The Bertz CT molecular complexity index is 305. The van der Waals surface area contributed by atoms with Crippen LogP contribution in [0.2, 0.25) is 0 Å². The monoisotopic (exact) mass is 255 g/mol. The summed E-state index contributed by atoms with van der Waals surface area (Å²) in [4.78, 5) is 10.9. The summed E-state index contributed by atoms with van der Waals surface area (Å²) in [5.41, 5.74) is -2.89. The highest BCUT2D eigenvalue weighted by molar-refractivity contribution is 7.87. The predicted octanol–water partition coefficient (Wildman–Crippen LogP) is 1.26. The lowest BCUT2D eigenvalue weighted by molar-refractivity contribution is -0.123. The Balaban J connectivity index is 3.67. The number of unbranched alkanes of at least 4 members (excludes halogenated alkanes) is 4. The number of hydrogen-bond acceptors (Lipinski definition) is 3. The maximum Gasteiger partial charge on any atom is 0.307 e. The Hall–Kier alpha value is -0.690. The van der Waals surface area contributed by atoms with Gasteiger partial charge in [-0.05, 0) is 6.42 Å². The smallest absolute Gasteiger partial charge is 0.307 e. The number of carbonyl (C=O) groups excluding carboxylic acids is 1. The topological polar surface area (TPSA) is 83.5 Å². The minimum Gasteiger partial charge on any atom is -0.353 e. The van der Waals surface area contributed by atoms with Crippen molar-refractivity contribution in [1.29, 1.82) is 0 Å². The molecule has 0 aliphatic rings. The van der Waals surface area contributed by atoms with Gasteiger partial charge in [-0.1, -0.05) is 32.6 Å². The Morgan fingerprint density at radius 3 is 2.38 bits per heavy atom. The normalized spacial score (nSPS) is 13.4. The fourth-order valence-electron chi connectivity index (χ4n) is 1.16. The lowest BCUT2D eigenvalue weighted by atomic mass is 10.1. The van der Waals surface area contributed by atoms with Gasteiger partial charge >= 0.3 is 15.6 Å². The van der Waals surface area contributed by atoms with Gasteiger partial charge in [0.15, 0.2) is 0 Å². The average Bonchev–Trinajstić information content (AvgIpc) is 2.20. The molecule has 0 aliphatic heterocycles. The highest BCUT2D eigenvalue weighted by atomic mass is 32.2. The first-order valence-electron chi connectivity index (χ1n) is 5.27. The van der Waals surface area contributed by atoms with Crippen LogP contribution < -0.4 is 5.32 Å². The third kappa shape index (κ3) is 6.73.